The second kappa shape index (κ2) is 5.91. The number of anilines is 1. The zero-order valence-corrected chi connectivity index (χ0v) is 14.4. The molecule has 0 unspecified atom stereocenters. The zero-order chi connectivity index (χ0) is 15.8. The molecule has 2 aromatic heterocycles. The van der Waals surface area contributed by atoms with E-state index in [1.54, 1.807) is 11.3 Å². The van der Waals surface area contributed by atoms with Crippen LogP contribution in [0.15, 0.2) is 47.2 Å². The summed E-state index contributed by atoms with van der Waals surface area (Å²) in [5.74, 6) is 0.00343. The van der Waals surface area contributed by atoms with Gasteiger partial charge in [0.1, 0.15) is 10.7 Å². The van der Waals surface area contributed by atoms with Crippen molar-refractivity contribution in [1.82, 2.24) is 4.98 Å². The number of hydrogen-bond acceptors (Lipinski definition) is 4. The number of rotatable bonds is 2. The fourth-order valence-corrected chi connectivity index (χ4v) is 4.61. The van der Waals surface area contributed by atoms with Crippen molar-refractivity contribution in [3.05, 3.63) is 58.4 Å². The fourth-order valence-electron chi connectivity index (χ4n) is 3.01. The van der Waals surface area contributed by atoms with E-state index in [4.69, 9.17) is 0 Å². The van der Waals surface area contributed by atoms with Crippen LogP contribution in [-0.2, 0) is 6.42 Å². The maximum absolute atomic E-state index is 13.0. The summed E-state index contributed by atoms with van der Waals surface area (Å²) in [6, 6.07) is 12.4. The van der Waals surface area contributed by atoms with Gasteiger partial charge in [-0.2, -0.15) is 0 Å². The minimum absolute atomic E-state index is 0.00343. The van der Waals surface area contributed by atoms with Gasteiger partial charge in [0.25, 0.3) is 5.91 Å². The van der Waals surface area contributed by atoms with Crippen molar-refractivity contribution in [3.63, 3.8) is 0 Å². The minimum atomic E-state index is 0.00343. The molecular weight excluding hydrogens is 324 g/mol. The summed E-state index contributed by atoms with van der Waals surface area (Å²) < 4.78 is 0. The quantitative estimate of drug-likeness (QED) is 0.668. The van der Waals surface area contributed by atoms with E-state index in [2.05, 4.69) is 18.0 Å². The van der Waals surface area contributed by atoms with E-state index in [0.717, 1.165) is 28.4 Å². The van der Waals surface area contributed by atoms with Crippen molar-refractivity contribution in [1.29, 1.82) is 0 Å². The number of thiazole rings is 1. The van der Waals surface area contributed by atoms with Crippen LogP contribution in [0.2, 0.25) is 0 Å². The van der Waals surface area contributed by atoms with Crippen molar-refractivity contribution in [2.24, 2.45) is 0 Å². The number of carbonyl (C=O) groups is 1. The van der Waals surface area contributed by atoms with E-state index < -0.39 is 0 Å². The molecule has 1 aliphatic rings. The van der Waals surface area contributed by atoms with Gasteiger partial charge in [0.2, 0.25) is 0 Å². The normalized spacial score (nSPS) is 17.1. The standard InChI is InChI=1S/C18H16N2OS2/c1-12-8-9-13-5-2-3-6-15(13)20(12)18(21)14-11-23-17(19-14)16-7-4-10-22-16/h2-7,10-12H,8-9H2,1H3/t12-/m0/s1. The van der Waals surface area contributed by atoms with Gasteiger partial charge >= 0.3 is 0 Å². The summed E-state index contributed by atoms with van der Waals surface area (Å²) in [5, 5.41) is 4.82. The summed E-state index contributed by atoms with van der Waals surface area (Å²) in [4.78, 5) is 20.6. The SMILES string of the molecule is C[C@H]1CCc2ccccc2N1C(=O)c1csc(-c2cccs2)n1. The highest BCUT2D eigenvalue weighted by Gasteiger charge is 2.30. The lowest BCUT2D eigenvalue weighted by Crippen LogP contribution is -2.42. The Morgan fingerprint density at radius 3 is 2.91 bits per heavy atom. The van der Waals surface area contributed by atoms with E-state index in [0.29, 0.717) is 5.69 Å². The number of amides is 1. The van der Waals surface area contributed by atoms with Gasteiger partial charge in [-0.15, -0.1) is 22.7 Å². The van der Waals surface area contributed by atoms with Crippen LogP contribution in [0, 0.1) is 0 Å². The van der Waals surface area contributed by atoms with Gasteiger partial charge in [-0.1, -0.05) is 24.3 Å². The van der Waals surface area contributed by atoms with Crippen LogP contribution in [0.5, 0.6) is 0 Å². The van der Waals surface area contributed by atoms with Crippen molar-refractivity contribution in [2.45, 2.75) is 25.8 Å². The molecule has 116 valence electrons. The van der Waals surface area contributed by atoms with Crippen LogP contribution in [-0.4, -0.2) is 16.9 Å². The van der Waals surface area contributed by atoms with Gasteiger partial charge in [0.05, 0.1) is 4.88 Å². The number of hydrogen-bond donors (Lipinski definition) is 0. The number of nitrogens with zero attached hydrogens (tertiary/aromatic N) is 2. The first-order valence-electron chi connectivity index (χ1n) is 7.65. The molecule has 3 nitrogen and oxygen atoms in total. The lowest BCUT2D eigenvalue weighted by molar-refractivity contribution is 0.0971. The van der Waals surface area contributed by atoms with E-state index in [9.17, 15) is 4.79 Å². The highest BCUT2D eigenvalue weighted by Crippen LogP contribution is 2.33. The number of benzene rings is 1. The Morgan fingerprint density at radius 1 is 1.22 bits per heavy atom. The summed E-state index contributed by atoms with van der Waals surface area (Å²) in [7, 11) is 0. The van der Waals surface area contributed by atoms with Gasteiger partial charge in [-0.25, -0.2) is 4.98 Å². The average molecular weight is 340 g/mol. The largest absolute Gasteiger partial charge is 0.304 e. The van der Waals surface area contributed by atoms with Gasteiger partial charge in [0.15, 0.2) is 0 Å². The Kier molecular flexibility index (Phi) is 3.75. The predicted octanol–water partition coefficient (Wildman–Crippen LogP) is 4.85. The van der Waals surface area contributed by atoms with E-state index in [-0.39, 0.29) is 11.9 Å². The molecule has 0 N–H and O–H groups in total. The zero-order valence-electron chi connectivity index (χ0n) is 12.7. The number of para-hydroxylation sites is 1. The first kappa shape index (κ1) is 14.6. The second-order valence-corrected chi connectivity index (χ2v) is 7.51. The highest BCUT2D eigenvalue weighted by atomic mass is 32.1. The predicted molar refractivity (Wildman–Crippen MR) is 96.5 cm³/mol. The molecule has 0 radical (unpaired) electrons. The van der Waals surface area contributed by atoms with Crippen LogP contribution in [0.3, 0.4) is 0 Å². The number of carbonyl (C=O) groups excluding carboxylic acids is 1. The van der Waals surface area contributed by atoms with E-state index >= 15 is 0 Å². The van der Waals surface area contributed by atoms with Crippen molar-refractivity contribution in [2.75, 3.05) is 4.90 Å². The Labute approximate surface area is 143 Å². The molecule has 4 rings (SSSR count). The minimum Gasteiger partial charge on any atom is -0.304 e. The second-order valence-electron chi connectivity index (χ2n) is 5.71. The molecule has 1 aliphatic heterocycles. The third-order valence-electron chi connectivity index (χ3n) is 4.20. The third kappa shape index (κ3) is 2.60. The van der Waals surface area contributed by atoms with Crippen molar-refractivity contribution < 1.29 is 4.79 Å². The van der Waals surface area contributed by atoms with Crippen LogP contribution in [0.4, 0.5) is 5.69 Å². The lowest BCUT2D eigenvalue weighted by Gasteiger charge is -2.34. The molecule has 23 heavy (non-hydrogen) atoms. The molecule has 0 bridgehead atoms. The summed E-state index contributed by atoms with van der Waals surface area (Å²) in [6.45, 7) is 2.11. The molecule has 0 fully saturated rings. The summed E-state index contributed by atoms with van der Waals surface area (Å²) in [5.41, 5.74) is 2.82. The lowest BCUT2D eigenvalue weighted by atomic mass is 9.96. The molecule has 0 spiro atoms. The van der Waals surface area contributed by atoms with Crippen LogP contribution < -0.4 is 4.90 Å². The molecule has 5 heteroatoms. The smallest absolute Gasteiger partial charge is 0.278 e. The van der Waals surface area contributed by atoms with Crippen molar-refractivity contribution in [3.8, 4) is 9.88 Å². The van der Waals surface area contributed by atoms with Gasteiger partial charge in [0, 0.05) is 17.1 Å². The van der Waals surface area contributed by atoms with Crippen LogP contribution >= 0.6 is 22.7 Å². The monoisotopic (exact) mass is 340 g/mol. The molecular formula is C18H16N2OS2. The maximum atomic E-state index is 13.0. The Hall–Kier alpha value is -1.98. The summed E-state index contributed by atoms with van der Waals surface area (Å²) in [6.07, 6.45) is 2.02. The van der Waals surface area contributed by atoms with Gasteiger partial charge in [-0.05, 0) is 42.8 Å². The van der Waals surface area contributed by atoms with E-state index in [1.165, 1.54) is 16.9 Å². The number of fused-ring (bicyclic) bond motifs is 1. The molecule has 3 aromatic rings. The molecule has 1 amide bonds. The van der Waals surface area contributed by atoms with Gasteiger partial charge < -0.3 is 4.90 Å². The average Bonchev–Trinajstić information content (AvgIpc) is 3.25. The first-order valence-corrected chi connectivity index (χ1v) is 9.41. The molecule has 0 saturated carbocycles. The highest BCUT2D eigenvalue weighted by molar-refractivity contribution is 7.20. The first-order chi connectivity index (χ1) is 11.2. The number of aryl methyl sites for hydroxylation is 1. The Balaban J connectivity index is 1.69. The molecule has 3 heterocycles. The molecule has 1 aromatic carbocycles. The number of thiophene rings is 1. The number of aromatic nitrogens is 1. The van der Waals surface area contributed by atoms with Crippen molar-refractivity contribution >= 4 is 34.3 Å². The Bertz CT molecular complexity index is 838. The topological polar surface area (TPSA) is 33.2 Å². The Morgan fingerprint density at radius 2 is 2.09 bits per heavy atom. The molecule has 1 atom stereocenters. The molecule has 0 aliphatic carbocycles. The van der Waals surface area contributed by atoms with E-state index in [1.807, 2.05) is 46.0 Å². The third-order valence-corrected chi connectivity index (χ3v) is 6.08. The van der Waals surface area contributed by atoms with Crippen LogP contribution in [0.25, 0.3) is 9.88 Å². The van der Waals surface area contributed by atoms with Crippen LogP contribution in [0.1, 0.15) is 29.4 Å². The maximum Gasteiger partial charge on any atom is 0.278 e. The summed E-state index contributed by atoms with van der Waals surface area (Å²) >= 11 is 3.18. The van der Waals surface area contributed by atoms with Gasteiger partial charge in [-0.3, -0.25) is 4.79 Å². The molecule has 0 saturated heterocycles. The fraction of sp³-hybridized carbons (Fsp3) is 0.222.